The molecular weight excluding hydrogens is 605 g/mol. The van der Waals surface area contributed by atoms with Crippen molar-refractivity contribution in [1.82, 2.24) is 10.9 Å². The van der Waals surface area contributed by atoms with Crippen LogP contribution in [0.25, 0.3) is 0 Å². The third-order valence-corrected chi connectivity index (χ3v) is 7.50. The fourth-order valence-corrected chi connectivity index (χ4v) is 5.16. The molecule has 0 spiro atoms. The fraction of sp³-hybridized carbons (Fsp3) is 0.310. The quantitative estimate of drug-likeness (QED) is 0.177. The first-order valence-electron chi connectivity index (χ1n) is 12.6. The summed E-state index contributed by atoms with van der Waals surface area (Å²) in [5.41, 5.74) is 6.60. The highest BCUT2D eigenvalue weighted by Gasteiger charge is 2.54. The van der Waals surface area contributed by atoms with Crippen molar-refractivity contribution in [2.24, 2.45) is 4.99 Å². The van der Waals surface area contributed by atoms with Crippen LogP contribution in [0.4, 0.5) is 0 Å². The van der Waals surface area contributed by atoms with Gasteiger partial charge < -0.3 is 14.6 Å². The second-order valence-electron chi connectivity index (χ2n) is 9.48. The molecule has 3 N–H and O–H groups in total. The monoisotopic (exact) mass is 633 g/mol. The number of carbonyl (C=O) groups is 1. The Kier molecular flexibility index (Phi) is 9.91. The third-order valence-electron chi connectivity index (χ3n) is 6.17. The Morgan fingerprint density at radius 1 is 1.15 bits per heavy atom. The van der Waals surface area contributed by atoms with E-state index in [0.29, 0.717) is 45.8 Å². The van der Waals surface area contributed by atoms with E-state index >= 15 is 0 Å². The highest BCUT2D eigenvalue weighted by molar-refractivity contribution is 9.10. The largest absolute Gasteiger partial charge is 0.494 e. The molecule has 3 aromatic carbocycles. The molecule has 2 atom stereocenters. The van der Waals surface area contributed by atoms with E-state index < -0.39 is 11.6 Å². The standard InChI is InChI=1S/C29H30BrCl2N3O4/c1-18(2)34-35-28(37)29(17-20-6-3-4-7-24(20)30)26(23-13-10-21(31)16-25(23)32)39-27(33-29)19-8-11-22(12-9-19)38-15-5-14-36/h3-4,6-13,16,18,26,34,36H,5,14-15,17H2,1-2H3,(H,35,37)/t26-,29-/m0/s1. The lowest BCUT2D eigenvalue weighted by Crippen LogP contribution is -2.55. The highest BCUT2D eigenvalue weighted by atomic mass is 79.9. The zero-order valence-corrected chi connectivity index (χ0v) is 24.7. The first-order chi connectivity index (χ1) is 18.7. The summed E-state index contributed by atoms with van der Waals surface area (Å²) in [6.07, 6.45) is -0.0768. The molecule has 0 unspecified atom stereocenters. The van der Waals surface area contributed by atoms with Gasteiger partial charge in [-0.05, 0) is 61.9 Å². The Morgan fingerprint density at radius 3 is 2.56 bits per heavy atom. The van der Waals surface area contributed by atoms with Gasteiger partial charge in [0, 0.05) is 51.1 Å². The predicted molar refractivity (Wildman–Crippen MR) is 157 cm³/mol. The number of carbonyl (C=O) groups excluding carboxylic acids is 1. The summed E-state index contributed by atoms with van der Waals surface area (Å²) in [5, 5.41) is 9.85. The number of nitrogens with zero attached hydrogens (tertiary/aromatic N) is 1. The van der Waals surface area contributed by atoms with Crippen molar-refractivity contribution in [3.8, 4) is 5.75 Å². The van der Waals surface area contributed by atoms with Crippen LogP contribution < -0.4 is 15.6 Å². The Balaban J connectivity index is 1.81. The zero-order chi connectivity index (χ0) is 28.0. The van der Waals surface area contributed by atoms with Crippen LogP contribution in [0.5, 0.6) is 5.75 Å². The lowest BCUT2D eigenvalue weighted by molar-refractivity contribution is -0.130. The van der Waals surface area contributed by atoms with Crippen LogP contribution >= 0.6 is 39.1 Å². The van der Waals surface area contributed by atoms with Gasteiger partial charge in [-0.2, -0.15) is 0 Å². The van der Waals surface area contributed by atoms with Crippen molar-refractivity contribution in [3.63, 3.8) is 0 Å². The van der Waals surface area contributed by atoms with Crippen molar-refractivity contribution in [1.29, 1.82) is 0 Å². The smallest absolute Gasteiger partial charge is 0.266 e. The number of benzene rings is 3. The highest BCUT2D eigenvalue weighted by Crippen LogP contribution is 2.45. The Bertz CT molecular complexity index is 1340. The summed E-state index contributed by atoms with van der Waals surface area (Å²) in [6.45, 7) is 4.32. The Hall–Kier alpha value is -2.62. The van der Waals surface area contributed by atoms with E-state index in [1.54, 1.807) is 30.3 Å². The minimum atomic E-state index is -1.41. The Labute approximate surface area is 246 Å². The molecule has 1 heterocycles. The average Bonchev–Trinajstić information content (AvgIpc) is 3.29. The Morgan fingerprint density at radius 2 is 1.90 bits per heavy atom. The molecule has 1 amide bonds. The summed E-state index contributed by atoms with van der Waals surface area (Å²) < 4.78 is 13.0. The molecule has 7 nitrogen and oxygen atoms in total. The molecule has 0 aliphatic carbocycles. The molecule has 0 radical (unpaired) electrons. The van der Waals surface area contributed by atoms with E-state index in [4.69, 9.17) is 42.8 Å². The van der Waals surface area contributed by atoms with Gasteiger partial charge in [0.25, 0.3) is 5.91 Å². The van der Waals surface area contributed by atoms with Crippen LogP contribution in [0, 0.1) is 0 Å². The summed E-state index contributed by atoms with van der Waals surface area (Å²) in [6, 6.07) is 20.1. The van der Waals surface area contributed by atoms with E-state index in [1.807, 2.05) is 50.2 Å². The predicted octanol–water partition coefficient (Wildman–Crippen LogP) is 6.05. The SMILES string of the molecule is CC(C)NNC(=O)[C@@]1(Cc2ccccc2Br)N=C(c2ccc(OCCCO)cc2)O[C@H]1c1ccc(Cl)cc1Cl. The van der Waals surface area contributed by atoms with E-state index in [0.717, 1.165) is 10.0 Å². The van der Waals surface area contributed by atoms with E-state index in [9.17, 15) is 4.79 Å². The molecular formula is C29H30BrCl2N3O4. The number of nitrogens with one attached hydrogen (secondary N) is 2. The van der Waals surface area contributed by atoms with E-state index in [1.165, 1.54) is 0 Å². The summed E-state index contributed by atoms with van der Waals surface area (Å²) >= 11 is 16.5. The van der Waals surface area contributed by atoms with Crippen LogP contribution in [0.1, 0.15) is 43.1 Å². The number of ether oxygens (including phenoxy) is 2. The number of aliphatic hydroxyl groups is 1. The van der Waals surface area contributed by atoms with Gasteiger partial charge in [0.2, 0.25) is 5.90 Å². The number of hydrogen-bond acceptors (Lipinski definition) is 6. The summed E-state index contributed by atoms with van der Waals surface area (Å²) in [4.78, 5) is 19.0. The van der Waals surface area contributed by atoms with Crippen LogP contribution in [-0.4, -0.2) is 41.7 Å². The summed E-state index contributed by atoms with van der Waals surface area (Å²) in [7, 11) is 0. The number of aliphatic imine (C=N–C) groups is 1. The molecule has 39 heavy (non-hydrogen) atoms. The van der Waals surface area contributed by atoms with Gasteiger partial charge in [-0.3, -0.25) is 10.2 Å². The van der Waals surface area contributed by atoms with Crippen molar-refractivity contribution in [2.75, 3.05) is 13.2 Å². The number of hydrazine groups is 1. The lowest BCUT2D eigenvalue weighted by atomic mass is 9.82. The van der Waals surface area contributed by atoms with Gasteiger partial charge in [0.05, 0.1) is 6.61 Å². The molecule has 1 aliphatic heterocycles. The van der Waals surface area contributed by atoms with E-state index in [-0.39, 0.29) is 25.0 Å². The normalized spacial score (nSPS) is 18.5. The van der Waals surface area contributed by atoms with Crippen molar-refractivity contribution in [3.05, 3.63) is 97.9 Å². The molecule has 0 aromatic heterocycles. The first kappa shape index (κ1) is 29.4. The number of aliphatic hydroxyl groups excluding tert-OH is 1. The maximum absolute atomic E-state index is 14.0. The lowest BCUT2D eigenvalue weighted by Gasteiger charge is -2.32. The maximum atomic E-state index is 14.0. The van der Waals surface area contributed by atoms with Gasteiger partial charge in [-0.1, -0.05) is 63.4 Å². The van der Waals surface area contributed by atoms with Crippen LogP contribution in [0.15, 0.2) is 76.2 Å². The molecule has 4 rings (SSSR count). The van der Waals surface area contributed by atoms with Crippen molar-refractivity contribution >= 4 is 50.9 Å². The minimum Gasteiger partial charge on any atom is -0.494 e. The molecule has 0 fully saturated rings. The maximum Gasteiger partial charge on any atom is 0.266 e. The van der Waals surface area contributed by atoms with Crippen LogP contribution in [0.2, 0.25) is 10.0 Å². The molecule has 0 saturated carbocycles. The summed E-state index contributed by atoms with van der Waals surface area (Å²) in [5.74, 6) is 0.600. The van der Waals surface area contributed by atoms with E-state index in [2.05, 4.69) is 26.8 Å². The van der Waals surface area contributed by atoms with Gasteiger partial charge in [-0.25, -0.2) is 10.4 Å². The van der Waals surface area contributed by atoms with Gasteiger partial charge >= 0.3 is 0 Å². The number of hydrogen-bond donors (Lipinski definition) is 3. The number of halogens is 3. The number of amides is 1. The topological polar surface area (TPSA) is 92.2 Å². The molecule has 1 aliphatic rings. The second kappa shape index (κ2) is 13.2. The molecule has 3 aromatic rings. The number of rotatable bonds is 11. The van der Waals surface area contributed by atoms with Crippen LogP contribution in [0.3, 0.4) is 0 Å². The third kappa shape index (κ3) is 6.94. The molecule has 0 saturated heterocycles. The van der Waals surface area contributed by atoms with Crippen LogP contribution in [-0.2, 0) is 16.0 Å². The molecule has 10 heteroatoms. The van der Waals surface area contributed by atoms with Crippen molar-refractivity contribution in [2.45, 2.75) is 44.4 Å². The molecule has 206 valence electrons. The fourth-order valence-electron chi connectivity index (χ4n) is 4.22. The second-order valence-corrected chi connectivity index (χ2v) is 11.2. The van der Waals surface area contributed by atoms with Crippen molar-refractivity contribution < 1.29 is 19.4 Å². The minimum absolute atomic E-state index is 0.00354. The molecule has 0 bridgehead atoms. The van der Waals surface area contributed by atoms with Gasteiger partial charge in [-0.15, -0.1) is 0 Å². The van der Waals surface area contributed by atoms with Gasteiger partial charge in [0.15, 0.2) is 11.6 Å². The van der Waals surface area contributed by atoms with Gasteiger partial charge in [0.1, 0.15) is 5.75 Å². The first-order valence-corrected chi connectivity index (χ1v) is 14.1. The average molecular weight is 635 g/mol. The zero-order valence-electron chi connectivity index (χ0n) is 21.6.